The first-order valence-electron chi connectivity index (χ1n) is 10.2. The van der Waals surface area contributed by atoms with E-state index < -0.39 is 0 Å². The summed E-state index contributed by atoms with van der Waals surface area (Å²) in [6.45, 7) is 6.96. The molecule has 152 valence electrons. The van der Waals surface area contributed by atoms with Crippen LogP contribution >= 0.6 is 0 Å². The van der Waals surface area contributed by atoms with E-state index in [-0.39, 0.29) is 11.7 Å². The first kappa shape index (κ1) is 18.3. The van der Waals surface area contributed by atoms with Gasteiger partial charge in [0.1, 0.15) is 5.82 Å². The van der Waals surface area contributed by atoms with Crippen LogP contribution in [0.5, 0.6) is 0 Å². The molecule has 8 heteroatoms. The van der Waals surface area contributed by atoms with Gasteiger partial charge < -0.3 is 18.9 Å². The number of nitrogens with zero attached hydrogens (tertiary/aromatic N) is 5. The van der Waals surface area contributed by atoms with Crippen LogP contribution in [0.15, 0.2) is 28.9 Å². The molecule has 7 nitrogen and oxygen atoms in total. The van der Waals surface area contributed by atoms with E-state index in [1.165, 1.54) is 12.1 Å². The third-order valence-electron chi connectivity index (χ3n) is 6.11. The van der Waals surface area contributed by atoms with Gasteiger partial charge in [-0.25, -0.2) is 9.37 Å². The second kappa shape index (κ2) is 7.26. The summed E-state index contributed by atoms with van der Waals surface area (Å²) in [4.78, 5) is 21.3. The Kier molecular flexibility index (Phi) is 4.58. The number of benzene rings is 1. The van der Waals surface area contributed by atoms with E-state index in [1.54, 1.807) is 6.07 Å². The minimum Gasteiger partial charge on any atom is -0.356 e. The molecule has 0 saturated carbocycles. The van der Waals surface area contributed by atoms with E-state index in [4.69, 9.17) is 4.52 Å². The molecule has 3 aromatic rings. The van der Waals surface area contributed by atoms with Crippen molar-refractivity contribution >= 4 is 16.9 Å². The van der Waals surface area contributed by atoms with Crippen LogP contribution in [-0.2, 0) is 6.54 Å². The second-order valence-corrected chi connectivity index (χ2v) is 8.02. The standard InChI is InChI=1S/C21H24FN5O2/c1-14-13-27-11-10-26(21(28)20(27)23-14)9-8-25-6-4-15(5-7-25)19-17-3-2-16(22)12-18(17)29-24-19/h2-3,12-13,15H,4-11H2,1H3. The molecule has 2 aliphatic heterocycles. The number of carbonyl (C=O) groups is 1. The fourth-order valence-corrected chi connectivity index (χ4v) is 4.49. The first-order chi connectivity index (χ1) is 14.1. The molecule has 0 radical (unpaired) electrons. The Hall–Kier alpha value is -2.74. The number of aromatic nitrogens is 3. The zero-order valence-corrected chi connectivity index (χ0v) is 16.5. The number of aryl methyl sites for hydroxylation is 1. The van der Waals surface area contributed by atoms with E-state index in [0.29, 0.717) is 17.3 Å². The molecule has 0 unspecified atom stereocenters. The molecule has 1 aromatic carbocycles. The quantitative estimate of drug-likeness (QED) is 0.677. The van der Waals surface area contributed by atoms with Crippen molar-refractivity contribution in [1.82, 2.24) is 24.5 Å². The van der Waals surface area contributed by atoms with Crippen molar-refractivity contribution in [2.75, 3.05) is 32.7 Å². The van der Waals surface area contributed by atoms with Gasteiger partial charge in [0, 0.05) is 49.7 Å². The van der Waals surface area contributed by atoms with Crippen LogP contribution in [0.1, 0.15) is 40.8 Å². The van der Waals surface area contributed by atoms with Crippen LogP contribution in [0.2, 0.25) is 0 Å². The molecule has 0 aliphatic carbocycles. The Bertz CT molecular complexity index is 1050. The molecule has 0 bridgehead atoms. The number of likely N-dealkylation sites (tertiary alicyclic amines) is 1. The Morgan fingerprint density at radius 2 is 2.00 bits per heavy atom. The molecule has 29 heavy (non-hydrogen) atoms. The molecule has 1 amide bonds. The monoisotopic (exact) mass is 397 g/mol. The fraction of sp³-hybridized carbons (Fsp3) is 0.476. The number of rotatable bonds is 4. The van der Waals surface area contributed by atoms with Crippen molar-refractivity contribution in [3.05, 3.63) is 47.4 Å². The van der Waals surface area contributed by atoms with Crippen LogP contribution in [0, 0.1) is 12.7 Å². The Morgan fingerprint density at radius 1 is 1.17 bits per heavy atom. The average molecular weight is 397 g/mol. The highest BCUT2D eigenvalue weighted by atomic mass is 19.1. The summed E-state index contributed by atoms with van der Waals surface area (Å²) in [5, 5.41) is 5.13. The summed E-state index contributed by atoms with van der Waals surface area (Å²) in [5.74, 6) is 0.604. The van der Waals surface area contributed by atoms with Gasteiger partial charge in [0.25, 0.3) is 5.91 Å². The van der Waals surface area contributed by atoms with Gasteiger partial charge in [0.15, 0.2) is 11.4 Å². The number of hydrogen-bond acceptors (Lipinski definition) is 5. The molecule has 0 atom stereocenters. The molecule has 0 N–H and O–H groups in total. The number of amides is 1. The van der Waals surface area contributed by atoms with Crippen molar-refractivity contribution in [3.8, 4) is 0 Å². The minimum absolute atomic E-state index is 0.0283. The average Bonchev–Trinajstić information content (AvgIpc) is 3.31. The molecular weight excluding hydrogens is 373 g/mol. The molecule has 2 aromatic heterocycles. The molecular formula is C21H24FN5O2. The van der Waals surface area contributed by atoms with Gasteiger partial charge in [-0.3, -0.25) is 4.79 Å². The maximum Gasteiger partial charge on any atom is 0.289 e. The molecule has 4 heterocycles. The Balaban J connectivity index is 1.17. The highest BCUT2D eigenvalue weighted by Crippen LogP contribution is 2.32. The topological polar surface area (TPSA) is 67.4 Å². The third-order valence-corrected chi connectivity index (χ3v) is 6.11. The molecule has 5 rings (SSSR count). The van der Waals surface area contributed by atoms with Gasteiger partial charge in [0.05, 0.1) is 11.4 Å². The largest absolute Gasteiger partial charge is 0.356 e. The van der Waals surface area contributed by atoms with Crippen LogP contribution in [0.25, 0.3) is 11.0 Å². The van der Waals surface area contributed by atoms with Gasteiger partial charge in [0.2, 0.25) is 0 Å². The van der Waals surface area contributed by atoms with Crippen LogP contribution in [0.4, 0.5) is 4.39 Å². The van der Waals surface area contributed by atoms with Crippen LogP contribution in [-0.4, -0.2) is 63.1 Å². The third kappa shape index (κ3) is 3.42. The maximum absolute atomic E-state index is 13.4. The second-order valence-electron chi connectivity index (χ2n) is 8.02. The normalized spacial score (nSPS) is 18.6. The van der Waals surface area contributed by atoms with Gasteiger partial charge in [-0.1, -0.05) is 5.16 Å². The number of imidazole rings is 1. The smallest absolute Gasteiger partial charge is 0.289 e. The molecule has 1 saturated heterocycles. The van der Waals surface area contributed by atoms with Gasteiger partial charge in [-0.2, -0.15) is 0 Å². The number of halogens is 1. The molecule has 1 fully saturated rings. The van der Waals surface area contributed by atoms with E-state index in [2.05, 4.69) is 15.0 Å². The lowest BCUT2D eigenvalue weighted by Gasteiger charge is -2.34. The highest BCUT2D eigenvalue weighted by molar-refractivity contribution is 5.91. The number of carbonyl (C=O) groups excluding carboxylic acids is 1. The van der Waals surface area contributed by atoms with Crippen LogP contribution in [0.3, 0.4) is 0 Å². The zero-order valence-electron chi connectivity index (χ0n) is 16.5. The summed E-state index contributed by atoms with van der Waals surface area (Å²) >= 11 is 0. The fourth-order valence-electron chi connectivity index (χ4n) is 4.49. The van der Waals surface area contributed by atoms with E-state index in [0.717, 1.165) is 68.9 Å². The predicted octanol–water partition coefficient (Wildman–Crippen LogP) is 2.81. The lowest BCUT2D eigenvalue weighted by atomic mass is 9.91. The summed E-state index contributed by atoms with van der Waals surface area (Å²) in [5.41, 5.74) is 2.34. The van der Waals surface area contributed by atoms with Gasteiger partial charge in [-0.15, -0.1) is 0 Å². The summed E-state index contributed by atoms with van der Waals surface area (Å²) in [6, 6.07) is 4.61. The van der Waals surface area contributed by atoms with Crippen molar-refractivity contribution in [1.29, 1.82) is 0 Å². The SMILES string of the molecule is Cc1cn2c(n1)C(=O)N(CCN1CCC(c3noc4cc(F)ccc34)CC1)CC2. The number of hydrogen-bond donors (Lipinski definition) is 0. The molecule has 0 spiro atoms. The highest BCUT2D eigenvalue weighted by Gasteiger charge is 2.28. The van der Waals surface area contributed by atoms with Crippen LogP contribution < -0.4 is 0 Å². The summed E-state index contributed by atoms with van der Waals surface area (Å²) in [6.07, 6.45) is 3.91. The zero-order chi connectivity index (χ0) is 20.0. The molecule has 2 aliphatic rings. The lowest BCUT2D eigenvalue weighted by molar-refractivity contribution is 0.0666. The van der Waals surface area contributed by atoms with E-state index in [9.17, 15) is 9.18 Å². The summed E-state index contributed by atoms with van der Waals surface area (Å²) in [7, 11) is 0. The minimum atomic E-state index is -0.306. The van der Waals surface area contributed by atoms with Gasteiger partial charge in [-0.05, 0) is 45.0 Å². The lowest BCUT2D eigenvalue weighted by Crippen LogP contribution is -2.45. The van der Waals surface area contributed by atoms with Crippen molar-refractivity contribution in [2.24, 2.45) is 0 Å². The Labute approximate surface area is 168 Å². The maximum atomic E-state index is 13.4. The van der Waals surface area contributed by atoms with Crippen molar-refractivity contribution in [2.45, 2.75) is 32.2 Å². The Morgan fingerprint density at radius 3 is 2.83 bits per heavy atom. The first-order valence-corrected chi connectivity index (χ1v) is 10.2. The predicted molar refractivity (Wildman–Crippen MR) is 105 cm³/mol. The van der Waals surface area contributed by atoms with Crippen molar-refractivity contribution in [3.63, 3.8) is 0 Å². The number of fused-ring (bicyclic) bond motifs is 2. The van der Waals surface area contributed by atoms with E-state index in [1.807, 2.05) is 22.6 Å². The summed E-state index contributed by atoms with van der Waals surface area (Å²) < 4.78 is 20.6. The van der Waals surface area contributed by atoms with Crippen molar-refractivity contribution < 1.29 is 13.7 Å². The number of piperidine rings is 1. The van der Waals surface area contributed by atoms with E-state index >= 15 is 0 Å². The van der Waals surface area contributed by atoms with Gasteiger partial charge >= 0.3 is 0 Å².